The predicted octanol–water partition coefficient (Wildman–Crippen LogP) is 3.71. The molecule has 0 saturated heterocycles. The molecule has 6 heteroatoms. The lowest BCUT2D eigenvalue weighted by atomic mass is 10.1. The smallest absolute Gasteiger partial charge is 0.335 e. The summed E-state index contributed by atoms with van der Waals surface area (Å²) in [4.78, 5) is 13.8. The minimum atomic E-state index is -1.72. The van der Waals surface area contributed by atoms with Gasteiger partial charge in [-0.25, -0.2) is 4.79 Å². The van der Waals surface area contributed by atoms with Crippen LogP contribution in [-0.4, -0.2) is 27.1 Å². The maximum Gasteiger partial charge on any atom is 0.335 e. The second kappa shape index (κ2) is 10.1. The maximum atomic E-state index is 10.7. The first-order valence-corrected chi connectivity index (χ1v) is 10.8. The number of allylic oxidation sites excluding steroid dienone is 1. The van der Waals surface area contributed by atoms with Crippen molar-refractivity contribution in [2.24, 2.45) is 0 Å². The summed E-state index contributed by atoms with van der Waals surface area (Å²) < 4.78 is 0. The fourth-order valence-corrected chi connectivity index (χ4v) is 5.05. The van der Waals surface area contributed by atoms with Gasteiger partial charge in [0.05, 0.1) is 16.5 Å². The largest absolute Gasteiger partial charge is 0.872 e. The molecular weight excluding hydrogens is 412 g/mol. The van der Waals surface area contributed by atoms with Crippen molar-refractivity contribution < 1.29 is 25.2 Å². The van der Waals surface area contributed by atoms with E-state index in [4.69, 9.17) is 5.11 Å². The van der Waals surface area contributed by atoms with E-state index in [2.05, 4.69) is 24.3 Å². The summed E-state index contributed by atoms with van der Waals surface area (Å²) >= 11 is 0. The van der Waals surface area contributed by atoms with Crippen LogP contribution in [-0.2, 0) is 10.9 Å². The van der Waals surface area contributed by atoms with Gasteiger partial charge in [0, 0.05) is 6.42 Å². The van der Waals surface area contributed by atoms with Crippen LogP contribution in [0.15, 0.2) is 118 Å². The van der Waals surface area contributed by atoms with Crippen LogP contribution in [0.4, 0.5) is 0 Å². The van der Waals surface area contributed by atoms with Crippen LogP contribution in [0.1, 0.15) is 16.8 Å². The summed E-state index contributed by atoms with van der Waals surface area (Å²) in [5.41, 5.74) is -0.178. The first-order chi connectivity index (χ1) is 14.9. The van der Waals surface area contributed by atoms with Crippen LogP contribution in [0.3, 0.4) is 0 Å². The maximum absolute atomic E-state index is 10.7. The third-order valence-corrected chi connectivity index (χ3v) is 6.69. The van der Waals surface area contributed by atoms with E-state index < -0.39 is 17.5 Å². The molecule has 3 aromatic rings. The fourth-order valence-electron chi connectivity index (χ4n) is 2.92. The van der Waals surface area contributed by atoms with E-state index in [0.717, 1.165) is 4.91 Å². The zero-order valence-electron chi connectivity index (χ0n) is 16.6. The molecule has 0 aromatic heterocycles. The fraction of sp³-hybridized carbons (Fsp3) is 0.0800. The van der Waals surface area contributed by atoms with Gasteiger partial charge in [0.15, 0.2) is 20.5 Å². The standard InChI is InChI=1S/C18H17O2S.C7H6O3/c19-18(20)13-11-17(12-14-18)21(15-7-3-1-4-8-15)16-9-5-2-6-10-16;8-6-4-2-1-3-5(6)7(9)10/h1-13,19-20H,14H2;1-4,8H,(H,9,10)/q+1;/p-1. The Labute approximate surface area is 183 Å². The number of carboxylic acids is 1. The third-order valence-electron chi connectivity index (χ3n) is 4.43. The molecule has 5 nitrogen and oxygen atoms in total. The Balaban J connectivity index is 0.000000229. The van der Waals surface area contributed by atoms with Crippen LogP contribution >= 0.6 is 0 Å². The molecule has 0 atom stereocenters. The zero-order valence-corrected chi connectivity index (χ0v) is 17.4. The van der Waals surface area contributed by atoms with Crippen LogP contribution < -0.4 is 5.11 Å². The number of aromatic carboxylic acids is 1. The molecule has 0 aliphatic heterocycles. The monoisotopic (exact) mass is 434 g/mol. The zero-order chi connectivity index (χ0) is 22.3. The number of rotatable bonds is 4. The highest BCUT2D eigenvalue weighted by atomic mass is 32.2. The topological polar surface area (TPSA) is 101 Å². The number of aliphatic hydroxyl groups is 2. The summed E-state index contributed by atoms with van der Waals surface area (Å²) in [5.74, 6) is -3.34. The summed E-state index contributed by atoms with van der Waals surface area (Å²) in [6.45, 7) is 0. The average Bonchev–Trinajstić information content (AvgIpc) is 2.77. The van der Waals surface area contributed by atoms with Gasteiger partial charge in [0.1, 0.15) is 0 Å². The van der Waals surface area contributed by atoms with Gasteiger partial charge in [-0.2, -0.15) is 0 Å². The number of para-hydroxylation sites is 1. The van der Waals surface area contributed by atoms with E-state index in [1.54, 1.807) is 0 Å². The molecule has 3 N–H and O–H groups in total. The number of carboxylic acid groups (broad SMARTS) is 1. The van der Waals surface area contributed by atoms with Crippen molar-refractivity contribution in [1.82, 2.24) is 0 Å². The summed E-state index contributed by atoms with van der Waals surface area (Å²) in [6, 6.07) is 26.2. The molecule has 1 aliphatic rings. The minimum absolute atomic E-state index is 0.178. The SMILES string of the molecule is O=C(O)c1ccccc1[O-].OC1(O)C=CC([S+](c2ccccc2)c2ccccc2)=CC1. The van der Waals surface area contributed by atoms with Crippen LogP contribution in [0.25, 0.3) is 0 Å². The van der Waals surface area contributed by atoms with Gasteiger partial charge in [-0.3, -0.25) is 0 Å². The highest BCUT2D eigenvalue weighted by Crippen LogP contribution is 2.33. The number of hydrogen-bond acceptors (Lipinski definition) is 4. The molecule has 0 radical (unpaired) electrons. The quantitative estimate of drug-likeness (QED) is 0.429. The second-order valence-electron chi connectivity index (χ2n) is 6.76. The van der Waals surface area contributed by atoms with E-state index in [-0.39, 0.29) is 22.9 Å². The molecule has 0 unspecified atom stereocenters. The first kappa shape index (κ1) is 22.4. The Hall–Kier alpha value is -3.32. The van der Waals surface area contributed by atoms with E-state index in [9.17, 15) is 20.1 Å². The predicted molar refractivity (Wildman–Crippen MR) is 119 cm³/mol. The van der Waals surface area contributed by atoms with Gasteiger partial charge in [-0.15, -0.1) is 0 Å². The Morgan fingerprint density at radius 1 is 0.839 bits per heavy atom. The molecule has 158 valence electrons. The summed E-state index contributed by atoms with van der Waals surface area (Å²) in [7, 11) is -0.219. The van der Waals surface area contributed by atoms with Crippen molar-refractivity contribution in [2.45, 2.75) is 22.0 Å². The van der Waals surface area contributed by atoms with Crippen molar-refractivity contribution in [3.63, 3.8) is 0 Å². The van der Waals surface area contributed by atoms with Crippen molar-refractivity contribution >= 4 is 16.9 Å². The number of benzene rings is 3. The van der Waals surface area contributed by atoms with Crippen molar-refractivity contribution in [1.29, 1.82) is 0 Å². The van der Waals surface area contributed by atoms with Gasteiger partial charge in [-0.05, 0) is 48.6 Å². The Morgan fingerprint density at radius 3 is 1.77 bits per heavy atom. The van der Waals surface area contributed by atoms with Gasteiger partial charge < -0.3 is 20.4 Å². The summed E-state index contributed by atoms with van der Waals surface area (Å²) in [5, 5.41) is 38.3. The summed E-state index contributed by atoms with van der Waals surface area (Å²) in [6.07, 6.45) is 5.44. The van der Waals surface area contributed by atoms with E-state index >= 15 is 0 Å². The molecule has 4 rings (SSSR count). The molecule has 1 aliphatic carbocycles. The first-order valence-electron chi connectivity index (χ1n) is 9.55. The van der Waals surface area contributed by atoms with Crippen LogP contribution in [0.2, 0.25) is 0 Å². The lowest BCUT2D eigenvalue weighted by molar-refractivity contribution is -0.268. The Kier molecular flexibility index (Phi) is 7.31. The minimum Gasteiger partial charge on any atom is -0.872 e. The molecule has 31 heavy (non-hydrogen) atoms. The van der Waals surface area contributed by atoms with Gasteiger partial charge in [0.25, 0.3) is 0 Å². The van der Waals surface area contributed by atoms with Crippen molar-refractivity contribution in [3.05, 3.63) is 114 Å². The Morgan fingerprint density at radius 2 is 1.35 bits per heavy atom. The highest BCUT2D eigenvalue weighted by molar-refractivity contribution is 8.00. The molecule has 0 spiro atoms. The number of hydrogen-bond donors (Lipinski definition) is 3. The Bertz CT molecular complexity index is 1040. The van der Waals surface area contributed by atoms with Gasteiger partial charge in [-0.1, -0.05) is 60.3 Å². The van der Waals surface area contributed by atoms with E-state index in [0.29, 0.717) is 0 Å². The van der Waals surface area contributed by atoms with Crippen LogP contribution in [0.5, 0.6) is 5.75 Å². The van der Waals surface area contributed by atoms with Gasteiger partial charge >= 0.3 is 5.97 Å². The lowest BCUT2D eigenvalue weighted by Gasteiger charge is -2.19. The molecule has 0 bridgehead atoms. The second-order valence-corrected chi connectivity index (χ2v) is 8.78. The molecule has 0 fully saturated rings. The average molecular weight is 435 g/mol. The number of carbonyl (C=O) groups is 1. The third kappa shape index (κ3) is 6.08. The van der Waals surface area contributed by atoms with Crippen molar-refractivity contribution in [2.75, 3.05) is 0 Å². The van der Waals surface area contributed by atoms with E-state index in [1.807, 2.05) is 48.6 Å². The molecule has 3 aromatic carbocycles. The van der Waals surface area contributed by atoms with Gasteiger partial charge in [0.2, 0.25) is 0 Å². The highest BCUT2D eigenvalue weighted by Gasteiger charge is 2.33. The molecular formula is C25H22O5S. The molecule has 0 saturated carbocycles. The molecule has 0 heterocycles. The van der Waals surface area contributed by atoms with Crippen LogP contribution in [0, 0.1) is 0 Å². The lowest BCUT2D eigenvalue weighted by Crippen LogP contribution is -2.26. The normalized spacial score (nSPS) is 14.4. The van der Waals surface area contributed by atoms with E-state index in [1.165, 1.54) is 40.1 Å². The molecule has 0 amide bonds. The van der Waals surface area contributed by atoms with Crippen molar-refractivity contribution in [3.8, 4) is 5.75 Å².